The van der Waals surface area contributed by atoms with Crippen LogP contribution in [-0.2, 0) is 9.59 Å². The number of alkyl halides is 3. The number of benzene rings is 2. The summed E-state index contributed by atoms with van der Waals surface area (Å²) in [7, 11) is 2.70. The Labute approximate surface area is 205 Å². The summed E-state index contributed by atoms with van der Waals surface area (Å²) in [4.78, 5) is 41.2. The van der Waals surface area contributed by atoms with Crippen molar-refractivity contribution in [3.63, 3.8) is 0 Å². The fourth-order valence-electron chi connectivity index (χ4n) is 4.83. The number of hydrogen-bond donors (Lipinski definition) is 1. The van der Waals surface area contributed by atoms with Crippen LogP contribution in [0, 0.1) is 5.41 Å². The number of halogens is 3. The van der Waals surface area contributed by atoms with E-state index in [9.17, 15) is 27.6 Å². The lowest BCUT2D eigenvalue weighted by molar-refractivity contribution is -0.186. The highest BCUT2D eigenvalue weighted by Gasteiger charge is 2.72. The predicted molar refractivity (Wildman–Crippen MR) is 125 cm³/mol. The molecule has 2 aliphatic rings. The molecule has 7 nitrogen and oxygen atoms in total. The SMILES string of the molecule is COc1ccc(N2C(=O)[C@](NC(=O)c3ccccc3OC)(C(F)(F)F)C3=C2CC(C)(C)CC3=O)cc1. The highest BCUT2D eigenvalue weighted by Crippen LogP contribution is 2.53. The van der Waals surface area contributed by atoms with Gasteiger partial charge in [0, 0.05) is 17.8 Å². The number of ketones is 1. The van der Waals surface area contributed by atoms with E-state index in [2.05, 4.69) is 0 Å². The van der Waals surface area contributed by atoms with Crippen LogP contribution in [0.1, 0.15) is 37.0 Å². The molecule has 2 aromatic carbocycles. The Bertz CT molecular complexity index is 1270. The number of rotatable bonds is 5. The minimum absolute atomic E-state index is 0.0220. The largest absolute Gasteiger partial charge is 0.497 e. The smallest absolute Gasteiger partial charge is 0.425 e. The number of ether oxygens (including phenoxy) is 2. The monoisotopic (exact) mass is 502 g/mol. The standard InChI is InChI=1S/C26H25F3N2O5/c1-24(2)13-18-21(19(32)14-24)25(26(27,28)29,30-22(33)17-7-5-6-8-20(17)36-4)23(34)31(18)15-9-11-16(35-3)12-10-15/h5-12H,13-14H2,1-4H3,(H,30,33)/t25-/m0/s1. The Morgan fingerprint density at radius 2 is 1.61 bits per heavy atom. The van der Waals surface area contributed by atoms with E-state index < -0.39 is 40.3 Å². The van der Waals surface area contributed by atoms with Crippen LogP contribution in [0.15, 0.2) is 59.8 Å². The summed E-state index contributed by atoms with van der Waals surface area (Å²) >= 11 is 0. The summed E-state index contributed by atoms with van der Waals surface area (Å²) in [6, 6.07) is 11.6. The maximum atomic E-state index is 15.0. The molecule has 4 rings (SSSR count). The topological polar surface area (TPSA) is 84.9 Å². The van der Waals surface area contributed by atoms with Gasteiger partial charge in [-0.1, -0.05) is 26.0 Å². The maximum absolute atomic E-state index is 15.0. The van der Waals surface area contributed by atoms with E-state index in [4.69, 9.17) is 9.47 Å². The molecule has 0 saturated carbocycles. The molecule has 1 N–H and O–H groups in total. The summed E-state index contributed by atoms with van der Waals surface area (Å²) in [6.45, 7) is 3.48. The average Bonchev–Trinajstić information content (AvgIpc) is 3.06. The van der Waals surface area contributed by atoms with Gasteiger partial charge in [0.25, 0.3) is 11.8 Å². The number of carbonyl (C=O) groups is 3. The summed E-state index contributed by atoms with van der Waals surface area (Å²) in [5, 5.41) is 1.91. The van der Waals surface area contributed by atoms with Crippen molar-refractivity contribution in [2.75, 3.05) is 19.1 Å². The zero-order valence-corrected chi connectivity index (χ0v) is 20.2. The van der Waals surface area contributed by atoms with Crippen molar-refractivity contribution in [1.29, 1.82) is 0 Å². The van der Waals surface area contributed by atoms with Crippen LogP contribution >= 0.6 is 0 Å². The first-order valence-electron chi connectivity index (χ1n) is 11.1. The van der Waals surface area contributed by atoms with Gasteiger partial charge in [-0.2, -0.15) is 13.2 Å². The van der Waals surface area contributed by atoms with E-state index in [1.54, 1.807) is 19.9 Å². The van der Waals surface area contributed by atoms with Crippen molar-refractivity contribution in [3.05, 3.63) is 65.4 Å². The van der Waals surface area contributed by atoms with Gasteiger partial charge >= 0.3 is 6.18 Å². The fraction of sp³-hybridized carbons (Fsp3) is 0.346. The van der Waals surface area contributed by atoms with Crippen LogP contribution in [0.3, 0.4) is 0 Å². The molecule has 1 atom stereocenters. The molecule has 1 aliphatic carbocycles. The fourth-order valence-corrected chi connectivity index (χ4v) is 4.83. The van der Waals surface area contributed by atoms with Gasteiger partial charge in [-0.15, -0.1) is 0 Å². The zero-order chi connectivity index (χ0) is 26.5. The van der Waals surface area contributed by atoms with E-state index in [-0.39, 0.29) is 35.5 Å². The van der Waals surface area contributed by atoms with Crippen LogP contribution < -0.4 is 19.7 Å². The van der Waals surface area contributed by atoms with Gasteiger partial charge in [0.2, 0.25) is 5.54 Å². The van der Waals surface area contributed by atoms with Crippen LogP contribution in [0.25, 0.3) is 0 Å². The van der Waals surface area contributed by atoms with Crippen molar-refractivity contribution in [2.45, 2.75) is 38.4 Å². The number of para-hydroxylation sites is 1. The summed E-state index contributed by atoms with van der Waals surface area (Å²) in [5.74, 6) is -3.05. The average molecular weight is 502 g/mol. The molecule has 0 radical (unpaired) electrons. The molecule has 10 heteroatoms. The lowest BCUT2D eigenvalue weighted by Crippen LogP contribution is -2.66. The van der Waals surface area contributed by atoms with Crippen molar-refractivity contribution < 1.29 is 37.0 Å². The number of amides is 2. The van der Waals surface area contributed by atoms with Gasteiger partial charge in [-0.25, -0.2) is 0 Å². The number of nitrogens with one attached hydrogen (secondary N) is 1. The van der Waals surface area contributed by atoms with Gasteiger partial charge in [-0.05, 0) is 48.2 Å². The minimum atomic E-state index is -5.32. The third-order valence-electron chi connectivity index (χ3n) is 6.43. The number of nitrogens with zero attached hydrogens (tertiary/aromatic N) is 1. The van der Waals surface area contributed by atoms with Crippen molar-refractivity contribution in [2.24, 2.45) is 5.41 Å². The Morgan fingerprint density at radius 3 is 2.19 bits per heavy atom. The molecule has 2 aromatic rings. The molecule has 1 heterocycles. The molecule has 36 heavy (non-hydrogen) atoms. The highest BCUT2D eigenvalue weighted by molar-refractivity contribution is 6.21. The molecule has 1 aliphatic heterocycles. The number of methoxy groups -OCH3 is 2. The van der Waals surface area contributed by atoms with E-state index in [0.29, 0.717) is 5.75 Å². The molecule has 0 bridgehead atoms. The van der Waals surface area contributed by atoms with E-state index >= 15 is 0 Å². The van der Waals surface area contributed by atoms with E-state index in [1.807, 2.05) is 5.32 Å². The molecule has 0 saturated heterocycles. The summed E-state index contributed by atoms with van der Waals surface area (Å²) in [5.41, 5.74) is -5.17. The number of Topliss-reactive ketones (excluding diaryl/α,β-unsaturated/α-hetero) is 1. The minimum Gasteiger partial charge on any atom is -0.497 e. The molecular formula is C26H25F3N2O5. The molecule has 0 fully saturated rings. The van der Waals surface area contributed by atoms with Gasteiger partial charge in [-0.3, -0.25) is 19.3 Å². The number of anilines is 1. The van der Waals surface area contributed by atoms with Crippen LogP contribution in [0.5, 0.6) is 11.5 Å². The molecule has 2 amide bonds. The van der Waals surface area contributed by atoms with Crippen molar-refractivity contribution in [1.82, 2.24) is 5.32 Å². The Kier molecular flexibility index (Phi) is 6.10. The molecule has 0 unspecified atom stereocenters. The normalized spacial score (nSPS) is 21.4. The maximum Gasteiger partial charge on any atom is 0.425 e. The summed E-state index contributed by atoms with van der Waals surface area (Å²) < 4.78 is 55.1. The Hall–Kier alpha value is -3.82. The quantitative estimate of drug-likeness (QED) is 0.654. The molecular weight excluding hydrogens is 477 g/mol. The summed E-state index contributed by atoms with van der Waals surface area (Å²) in [6.07, 6.45) is -5.51. The first kappa shape index (κ1) is 25.3. The first-order chi connectivity index (χ1) is 16.9. The van der Waals surface area contributed by atoms with Crippen LogP contribution in [0.4, 0.5) is 18.9 Å². The van der Waals surface area contributed by atoms with Crippen molar-refractivity contribution >= 4 is 23.3 Å². The van der Waals surface area contributed by atoms with Gasteiger partial charge in [0.05, 0.1) is 25.4 Å². The van der Waals surface area contributed by atoms with Gasteiger partial charge in [0.15, 0.2) is 5.78 Å². The van der Waals surface area contributed by atoms with Gasteiger partial charge in [0.1, 0.15) is 11.5 Å². The Balaban J connectivity index is 1.93. The number of carbonyl (C=O) groups excluding carboxylic acids is 3. The lowest BCUT2D eigenvalue weighted by Gasteiger charge is -2.35. The Morgan fingerprint density at radius 1 is 0.972 bits per heavy atom. The van der Waals surface area contributed by atoms with E-state index in [1.165, 1.54) is 56.7 Å². The second-order valence-electron chi connectivity index (χ2n) is 9.50. The molecule has 0 aromatic heterocycles. The van der Waals surface area contributed by atoms with Gasteiger partial charge < -0.3 is 14.8 Å². The zero-order valence-electron chi connectivity index (χ0n) is 20.2. The predicted octanol–water partition coefficient (Wildman–Crippen LogP) is 4.42. The molecule has 0 spiro atoms. The third kappa shape index (κ3) is 3.90. The lowest BCUT2D eigenvalue weighted by atomic mass is 9.72. The van der Waals surface area contributed by atoms with Crippen LogP contribution in [-0.4, -0.2) is 43.5 Å². The van der Waals surface area contributed by atoms with E-state index in [0.717, 1.165) is 4.90 Å². The van der Waals surface area contributed by atoms with Crippen LogP contribution in [0.2, 0.25) is 0 Å². The second kappa shape index (κ2) is 8.69. The number of hydrogen-bond acceptors (Lipinski definition) is 5. The highest BCUT2D eigenvalue weighted by atomic mass is 19.4. The molecule has 190 valence electrons. The number of allylic oxidation sites excluding steroid dienone is 1. The third-order valence-corrected chi connectivity index (χ3v) is 6.43. The van der Waals surface area contributed by atoms with Crippen molar-refractivity contribution in [3.8, 4) is 11.5 Å². The second-order valence-corrected chi connectivity index (χ2v) is 9.50. The first-order valence-corrected chi connectivity index (χ1v) is 11.1.